The predicted molar refractivity (Wildman–Crippen MR) is 105 cm³/mol. The molecule has 0 aliphatic carbocycles. The van der Waals surface area contributed by atoms with Gasteiger partial charge in [0.2, 0.25) is 5.91 Å². The highest BCUT2D eigenvalue weighted by Gasteiger charge is 2.06. The highest BCUT2D eigenvalue weighted by atomic mass is 16.1. The number of nitrogens with zero attached hydrogens (tertiary/aromatic N) is 2. The molecule has 1 amide bonds. The summed E-state index contributed by atoms with van der Waals surface area (Å²) in [5.74, 6) is -0.0337. The maximum atomic E-state index is 12.2. The second-order valence-electron chi connectivity index (χ2n) is 6.20. The van der Waals surface area contributed by atoms with Crippen LogP contribution >= 0.6 is 0 Å². The highest BCUT2D eigenvalue weighted by molar-refractivity contribution is 5.93. The van der Waals surface area contributed by atoms with Crippen LogP contribution in [0.2, 0.25) is 0 Å². The first-order chi connectivity index (χ1) is 12.6. The number of hydrogen-bond donors (Lipinski definition) is 1. The Balaban J connectivity index is 1.67. The zero-order valence-corrected chi connectivity index (χ0v) is 14.9. The maximum absolute atomic E-state index is 12.2. The van der Waals surface area contributed by atoms with E-state index in [0.717, 1.165) is 33.8 Å². The molecular weight excluding hydrogens is 322 g/mol. The molecule has 0 aromatic heterocycles. The summed E-state index contributed by atoms with van der Waals surface area (Å²) in [4.78, 5) is 12.2. The second-order valence-corrected chi connectivity index (χ2v) is 6.20. The minimum atomic E-state index is -0.0337. The lowest BCUT2D eigenvalue weighted by molar-refractivity contribution is -0.115. The summed E-state index contributed by atoms with van der Waals surface area (Å²) >= 11 is 0. The third-order valence-electron chi connectivity index (χ3n) is 4.08. The number of nitrogens with one attached hydrogen (secondary N) is 1. The fourth-order valence-electron chi connectivity index (χ4n) is 2.61. The van der Waals surface area contributed by atoms with E-state index in [2.05, 4.69) is 15.5 Å². The number of aryl methyl sites for hydroxylation is 2. The molecule has 0 radical (unpaired) electrons. The van der Waals surface area contributed by atoms with E-state index in [-0.39, 0.29) is 5.91 Å². The van der Waals surface area contributed by atoms with Gasteiger partial charge in [0, 0.05) is 5.69 Å². The first-order valence-corrected chi connectivity index (χ1v) is 8.53. The molecule has 26 heavy (non-hydrogen) atoms. The van der Waals surface area contributed by atoms with Gasteiger partial charge in [-0.25, -0.2) is 0 Å². The largest absolute Gasteiger partial charge is 0.326 e. The van der Waals surface area contributed by atoms with E-state index in [0.29, 0.717) is 6.42 Å². The summed E-state index contributed by atoms with van der Waals surface area (Å²) in [6.45, 7) is 3.95. The van der Waals surface area contributed by atoms with Crippen LogP contribution < -0.4 is 5.32 Å². The van der Waals surface area contributed by atoms with E-state index in [1.165, 1.54) is 0 Å². The maximum Gasteiger partial charge on any atom is 0.228 e. The molecule has 4 heteroatoms. The van der Waals surface area contributed by atoms with Gasteiger partial charge in [0.1, 0.15) is 0 Å². The van der Waals surface area contributed by atoms with Crippen molar-refractivity contribution in [2.24, 2.45) is 10.2 Å². The fourth-order valence-corrected chi connectivity index (χ4v) is 2.61. The quantitative estimate of drug-likeness (QED) is 0.576. The Labute approximate surface area is 153 Å². The Kier molecular flexibility index (Phi) is 5.54. The Morgan fingerprint density at radius 2 is 1.58 bits per heavy atom. The lowest BCUT2D eigenvalue weighted by Gasteiger charge is -2.09. The molecule has 130 valence electrons. The molecule has 3 aromatic rings. The molecule has 0 atom stereocenters. The van der Waals surface area contributed by atoms with Gasteiger partial charge < -0.3 is 5.32 Å². The molecule has 3 aromatic carbocycles. The number of benzene rings is 3. The Bertz CT molecular complexity index is 933. The van der Waals surface area contributed by atoms with Crippen LogP contribution in [0.4, 0.5) is 17.1 Å². The second kappa shape index (κ2) is 8.21. The normalized spacial score (nSPS) is 10.8. The van der Waals surface area contributed by atoms with Crippen molar-refractivity contribution in [2.45, 2.75) is 20.3 Å². The summed E-state index contributed by atoms with van der Waals surface area (Å²) < 4.78 is 0. The van der Waals surface area contributed by atoms with Crippen LogP contribution in [0.15, 0.2) is 83.0 Å². The van der Waals surface area contributed by atoms with Crippen LogP contribution in [0, 0.1) is 13.8 Å². The Hall–Kier alpha value is -3.27. The van der Waals surface area contributed by atoms with Gasteiger partial charge in [-0.1, -0.05) is 48.5 Å². The number of hydrogen-bond acceptors (Lipinski definition) is 3. The molecule has 3 rings (SSSR count). The van der Waals surface area contributed by atoms with Gasteiger partial charge in [0.15, 0.2) is 0 Å². The molecule has 4 nitrogen and oxygen atoms in total. The van der Waals surface area contributed by atoms with Gasteiger partial charge in [-0.3, -0.25) is 4.79 Å². The minimum Gasteiger partial charge on any atom is -0.326 e. The lowest BCUT2D eigenvalue weighted by atomic mass is 10.1. The number of rotatable bonds is 5. The average Bonchev–Trinajstić information content (AvgIpc) is 2.64. The van der Waals surface area contributed by atoms with Gasteiger partial charge >= 0.3 is 0 Å². The molecule has 1 N–H and O–H groups in total. The van der Waals surface area contributed by atoms with Gasteiger partial charge in [-0.2, -0.15) is 10.2 Å². The fraction of sp³-hybridized carbons (Fsp3) is 0.136. The summed E-state index contributed by atoms with van der Waals surface area (Å²) in [6, 6.07) is 23.2. The summed E-state index contributed by atoms with van der Waals surface area (Å²) in [5.41, 5.74) is 5.43. The molecular formula is C22H21N3O. The van der Waals surface area contributed by atoms with Crippen molar-refractivity contribution in [3.05, 3.63) is 89.5 Å². The number of carbonyl (C=O) groups excluding carboxylic acids is 1. The third-order valence-corrected chi connectivity index (χ3v) is 4.08. The van der Waals surface area contributed by atoms with Crippen molar-refractivity contribution < 1.29 is 4.79 Å². The van der Waals surface area contributed by atoms with Crippen molar-refractivity contribution >= 4 is 23.0 Å². The molecule has 0 aliphatic rings. The van der Waals surface area contributed by atoms with Crippen LogP contribution in [0.25, 0.3) is 0 Å². The van der Waals surface area contributed by atoms with E-state index in [1.807, 2.05) is 86.6 Å². The molecule has 0 fully saturated rings. The van der Waals surface area contributed by atoms with Gasteiger partial charge in [-0.15, -0.1) is 0 Å². The lowest BCUT2D eigenvalue weighted by Crippen LogP contribution is -2.15. The van der Waals surface area contributed by atoms with E-state index >= 15 is 0 Å². The summed E-state index contributed by atoms with van der Waals surface area (Å²) in [7, 11) is 0. The first kappa shape index (κ1) is 17.5. The van der Waals surface area contributed by atoms with Crippen LogP contribution in [-0.4, -0.2) is 5.91 Å². The average molecular weight is 343 g/mol. The predicted octanol–water partition coefficient (Wildman–Crippen LogP) is 5.90. The van der Waals surface area contributed by atoms with Crippen LogP contribution in [-0.2, 0) is 11.2 Å². The third kappa shape index (κ3) is 4.63. The number of azo groups is 1. The van der Waals surface area contributed by atoms with E-state index in [9.17, 15) is 4.79 Å². The summed E-state index contributed by atoms with van der Waals surface area (Å²) in [6.07, 6.45) is 0.356. The first-order valence-electron chi connectivity index (χ1n) is 8.53. The number of anilines is 1. The van der Waals surface area contributed by atoms with E-state index < -0.39 is 0 Å². The Morgan fingerprint density at radius 1 is 0.846 bits per heavy atom. The van der Waals surface area contributed by atoms with E-state index in [4.69, 9.17) is 0 Å². The number of carbonyl (C=O) groups is 1. The van der Waals surface area contributed by atoms with Crippen molar-refractivity contribution in [3.8, 4) is 0 Å². The van der Waals surface area contributed by atoms with E-state index in [1.54, 1.807) is 0 Å². The Morgan fingerprint density at radius 3 is 2.31 bits per heavy atom. The number of amides is 1. The van der Waals surface area contributed by atoms with Crippen molar-refractivity contribution in [1.82, 2.24) is 0 Å². The summed E-state index contributed by atoms with van der Waals surface area (Å²) in [5, 5.41) is 11.6. The standard InChI is InChI=1S/C22H21N3O/c1-16-8-6-7-11-21(16)25-24-19-12-13-20(17(2)14-19)23-22(26)15-18-9-4-3-5-10-18/h3-14H,15H2,1-2H3,(H,23,26). The van der Waals surface area contributed by atoms with Crippen LogP contribution in [0.3, 0.4) is 0 Å². The zero-order chi connectivity index (χ0) is 18.4. The van der Waals surface area contributed by atoms with Crippen molar-refractivity contribution in [2.75, 3.05) is 5.32 Å². The molecule has 0 spiro atoms. The molecule has 0 unspecified atom stereocenters. The smallest absolute Gasteiger partial charge is 0.228 e. The van der Waals surface area contributed by atoms with Crippen molar-refractivity contribution in [1.29, 1.82) is 0 Å². The van der Waals surface area contributed by atoms with Gasteiger partial charge in [-0.05, 0) is 54.8 Å². The van der Waals surface area contributed by atoms with Crippen LogP contribution in [0.1, 0.15) is 16.7 Å². The van der Waals surface area contributed by atoms with Gasteiger partial charge in [0.05, 0.1) is 17.8 Å². The SMILES string of the molecule is Cc1ccccc1N=Nc1ccc(NC(=O)Cc2ccccc2)c(C)c1. The molecule has 0 saturated heterocycles. The van der Waals surface area contributed by atoms with Gasteiger partial charge in [0.25, 0.3) is 0 Å². The minimum absolute atomic E-state index is 0.0337. The molecule has 0 saturated carbocycles. The molecule has 0 aliphatic heterocycles. The zero-order valence-electron chi connectivity index (χ0n) is 14.9. The van der Waals surface area contributed by atoms with Crippen LogP contribution in [0.5, 0.6) is 0 Å². The van der Waals surface area contributed by atoms with Crippen molar-refractivity contribution in [3.63, 3.8) is 0 Å². The topological polar surface area (TPSA) is 53.8 Å². The monoisotopic (exact) mass is 343 g/mol. The molecule has 0 bridgehead atoms. The highest BCUT2D eigenvalue weighted by Crippen LogP contribution is 2.25. The molecule has 0 heterocycles.